The molecule has 6 nitrogen and oxygen atoms in total. The average Bonchev–Trinajstić information content (AvgIpc) is 2.67. The van der Waals surface area contributed by atoms with E-state index >= 15 is 0 Å². The Morgan fingerprint density at radius 2 is 2.35 bits per heavy atom. The van der Waals surface area contributed by atoms with Crippen molar-refractivity contribution < 1.29 is 4.74 Å². The molecule has 2 heterocycles. The summed E-state index contributed by atoms with van der Waals surface area (Å²) in [4.78, 5) is 11.9. The van der Waals surface area contributed by atoms with Crippen LogP contribution in [0.2, 0.25) is 0 Å². The van der Waals surface area contributed by atoms with E-state index in [1.807, 2.05) is 0 Å². The van der Waals surface area contributed by atoms with E-state index in [0.29, 0.717) is 26.2 Å². The normalized spacial score (nSPS) is 14.9. The molecule has 0 unspecified atom stereocenters. The van der Waals surface area contributed by atoms with E-state index in [0.717, 1.165) is 31.8 Å². The standard InChI is InChI=1S/C11H20N4O2/c1-2-3-7-17-8-6-15-11(16)14-5-4-12-9-10(14)13-15/h12H,2-9H2,1H3. The maximum atomic E-state index is 11.9. The molecule has 0 spiro atoms. The first-order valence-electron chi connectivity index (χ1n) is 6.28. The smallest absolute Gasteiger partial charge is 0.346 e. The Kier molecular flexibility index (Phi) is 4.33. The van der Waals surface area contributed by atoms with Crippen molar-refractivity contribution in [3.63, 3.8) is 0 Å². The van der Waals surface area contributed by atoms with Crippen LogP contribution in [-0.2, 0) is 24.4 Å². The quantitative estimate of drug-likeness (QED) is 0.709. The number of rotatable bonds is 6. The summed E-state index contributed by atoms with van der Waals surface area (Å²) in [6, 6.07) is 0. The molecule has 0 aliphatic carbocycles. The second kappa shape index (κ2) is 5.97. The molecule has 1 aromatic rings. The van der Waals surface area contributed by atoms with Crippen molar-refractivity contribution >= 4 is 0 Å². The maximum Gasteiger partial charge on any atom is 0.346 e. The summed E-state index contributed by atoms with van der Waals surface area (Å²) in [5.74, 6) is 0.829. The van der Waals surface area contributed by atoms with E-state index in [4.69, 9.17) is 4.74 Å². The molecular weight excluding hydrogens is 220 g/mol. The van der Waals surface area contributed by atoms with E-state index in [2.05, 4.69) is 17.3 Å². The van der Waals surface area contributed by atoms with Gasteiger partial charge in [-0.25, -0.2) is 9.48 Å². The van der Waals surface area contributed by atoms with Gasteiger partial charge in [-0.3, -0.25) is 4.57 Å². The first-order chi connectivity index (χ1) is 8.33. The first-order valence-corrected chi connectivity index (χ1v) is 6.28. The maximum absolute atomic E-state index is 11.9. The third-order valence-corrected chi connectivity index (χ3v) is 2.88. The minimum atomic E-state index is -0.0133. The van der Waals surface area contributed by atoms with Gasteiger partial charge in [-0.1, -0.05) is 13.3 Å². The van der Waals surface area contributed by atoms with Gasteiger partial charge in [0, 0.05) is 19.7 Å². The summed E-state index contributed by atoms with van der Waals surface area (Å²) >= 11 is 0. The predicted octanol–water partition coefficient (Wildman–Crippen LogP) is -0.0353. The van der Waals surface area contributed by atoms with Crippen LogP contribution in [0.25, 0.3) is 0 Å². The summed E-state index contributed by atoms with van der Waals surface area (Å²) in [6.45, 7) is 6.23. The lowest BCUT2D eigenvalue weighted by molar-refractivity contribution is 0.120. The average molecular weight is 240 g/mol. The highest BCUT2D eigenvalue weighted by molar-refractivity contribution is 4.90. The molecule has 0 aromatic carbocycles. The van der Waals surface area contributed by atoms with Crippen LogP contribution in [0.4, 0.5) is 0 Å². The number of fused-ring (bicyclic) bond motifs is 1. The minimum Gasteiger partial charge on any atom is -0.380 e. The van der Waals surface area contributed by atoms with Crippen LogP contribution < -0.4 is 11.0 Å². The van der Waals surface area contributed by atoms with E-state index < -0.39 is 0 Å². The Bertz CT molecular complexity index is 410. The molecule has 1 aliphatic rings. The Morgan fingerprint density at radius 3 is 3.12 bits per heavy atom. The van der Waals surface area contributed by atoms with E-state index in [9.17, 15) is 4.79 Å². The Morgan fingerprint density at radius 1 is 1.47 bits per heavy atom. The highest BCUT2D eigenvalue weighted by atomic mass is 16.5. The lowest BCUT2D eigenvalue weighted by atomic mass is 10.4. The minimum absolute atomic E-state index is 0.0133. The molecule has 1 aromatic heterocycles. The zero-order valence-corrected chi connectivity index (χ0v) is 10.3. The van der Waals surface area contributed by atoms with Gasteiger partial charge in [0.1, 0.15) is 5.82 Å². The highest BCUT2D eigenvalue weighted by Gasteiger charge is 2.15. The summed E-state index contributed by atoms with van der Waals surface area (Å²) < 4.78 is 8.69. The number of nitrogens with zero attached hydrogens (tertiary/aromatic N) is 3. The van der Waals surface area contributed by atoms with Gasteiger partial charge in [-0.15, -0.1) is 0 Å². The van der Waals surface area contributed by atoms with Crippen molar-refractivity contribution in [2.45, 2.75) is 39.4 Å². The molecule has 0 amide bonds. The number of unbranched alkanes of at least 4 members (excludes halogenated alkanes) is 1. The zero-order chi connectivity index (χ0) is 12.1. The fourth-order valence-electron chi connectivity index (χ4n) is 1.88. The van der Waals surface area contributed by atoms with Gasteiger partial charge < -0.3 is 10.1 Å². The van der Waals surface area contributed by atoms with Crippen LogP contribution in [0.1, 0.15) is 25.6 Å². The van der Waals surface area contributed by atoms with Gasteiger partial charge in [0.05, 0.1) is 19.7 Å². The number of nitrogens with one attached hydrogen (secondary N) is 1. The van der Waals surface area contributed by atoms with Crippen LogP contribution in [0.3, 0.4) is 0 Å². The molecule has 2 rings (SSSR count). The molecule has 0 radical (unpaired) electrons. The third-order valence-electron chi connectivity index (χ3n) is 2.88. The van der Waals surface area contributed by atoms with Crippen LogP contribution in [0.15, 0.2) is 4.79 Å². The van der Waals surface area contributed by atoms with Crippen molar-refractivity contribution in [1.82, 2.24) is 19.7 Å². The first kappa shape index (κ1) is 12.3. The summed E-state index contributed by atoms with van der Waals surface area (Å²) in [7, 11) is 0. The Hall–Kier alpha value is -1.14. The molecule has 17 heavy (non-hydrogen) atoms. The van der Waals surface area contributed by atoms with Crippen molar-refractivity contribution in [3.8, 4) is 0 Å². The van der Waals surface area contributed by atoms with Gasteiger partial charge in [-0.05, 0) is 6.42 Å². The van der Waals surface area contributed by atoms with Gasteiger partial charge in [0.2, 0.25) is 0 Å². The van der Waals surface area contributed by atoms with Crippen LogP contribution in [-0.4, -0.2) is 34.1 Å². The van der Waals surface area contributed by atoms with E-state index in [1.54, 1.807) is 4.57 Å². The molecule has 0 saturated heterocycles. The summed E-state index contributed by atoms with van der Waals surface area (Å²) in [5, 5.41) is 7.49. The summed E-state index contributed by atoms with van der Waals surface area (Å²) in [6.07, 6.45) is 2.20. The number of hydrogen-bond donors (Lipinski definition) is 1. The Balaban J connectivity index is 1.88. The van der Waals surface area contributed by atoms with Crippen LogP contribution in [0.5, 0.6) is 0 Å². The Labute approximate surface area is 101 Å². The SMILES string of the molecule is CCCCOCCn1nc2n(c1=O)CCNC2. The topological polar surface area (TPSA) is 61.1 Å². The van der Waals surface area contributed by atoms with E-state index in [-0.39, 0.29) is 5.69 Å². The monoisotopic (exact) mass is 240 g/mol. The van der Waals surface area contributed by atoms with E-state index in [1.165, 1.54) is 4.68 Å². The van der Waals surface area contributed by atoms with Crippen molar-refractivity contribution in [2.75, 3.05) is 19.8 Å². The fourth-order valence-corrected chi connectivity index (χ4v) is 1.88. The molecule has 0 saturated carbocycles. The molecule has 96 valence electrons. The van der Waals surface area contributed by atoms with Crippen molar-refractivity contribution in [2.24, 2.45) is 0 Å². The molecular formula is C11H20N4O2. The van der Waals surface area contributed by atoms with Gasteiger partial charge in [0.15, 0.2) is 0 Å². The second-order valence-electron chi connectivity index (χ2n) is 4.22. The van der Waals surface area contributed by atoms with Gasteiger partial charge in [0.25, 0.3) is 0 Å². The van der Waals surface area contributed by atoms with Crippen molar-refractivity contribution in [3.05, 3.63) is 16.3 Å². The summed E-state index contributed by atoms with van der Waals surface area (Å²) in [5.41, 5.74) is -0.0133. The van der Waals surface area contributed by atoms with Gasteiger partial charge in [-0.2, -0.15) is 5.10 Å². The molecule has 1 N–H and O–H groups in total. The molecule has 0 atom stereocenters. The number of aromatic nitrogens is 3. The predicted molar refractivity (Wildman–Crippen MR) is 63.9 cm³/mol. The zero-order valence-electron chi connectivity index (χ0n) is 10.3. The molecule has 6 heteroatoms. The molecule has 0 bridgehead atoms. The fraction of sp³-hybridized carbons (Fsp3) is 0.818. The molecule has 0 fully saturated rings. The number of ether oxygens (including phenoxy) is 1. The number of hydrogen-bond acceptors (Lipinski definition) is 4. The van der Waals surface area contributed by atoms with Crippen LogP contribution >= 0.6 is 0 Å². The lowest BCUT2D eigenvalue weighted by Crippen LogP contribution is -2.34. The lowest BCUT2D eigenvalue weighted by Gasteiger charge is -2.11. The third kappa shape index (κ3) is 2.95. The highest BCUT2D eigenvalue weighted by Crippen LogP contribution is 1.97. The molecule has 1 aliphatic heterocycles. The second-order valence-corrected chi connectivity index (χ2v) is 4.22. The van der Waals surface area contributed by atoms with Crippen molar-refractivity contribution in [1.29, 1.82) is 0 Å². The van der Waals surface area contributed by atoms with Gasteiger partial charge >= 0.3 is 5.69 Å². The largest absolute Gasteiger partial charge is 0.380 e. The van der Waals surface area contributed by atoms with Crippen LogP contribution in [0, 0.1) is 0 Å².